The predicted molar refractivity (Wildman–Crippen MR) is 63.0 cm³/mol. The molecule has 0 saturated heterocycles. The summed E-state index contributed by atoms with van der Waals surface area (Å²) in [6, 6.07) is 0. The number of halogens is 2. The van der Waals surface area contributed by atoms with Gasteiger partial charge in [-0.05, 0) is 37.7 Å². The summed E-state index contributed by atoms with van der Waals surface area (Å²) in [4.78, 5) is 10.4. The van der Waals surface area contributed by atoms with Crippen LogP contribution in [0.2, 0.25) is 0 Å². The van der Waals surface area contributed by atoms with Crippen molar-refractivity contribution in [2.24, 2.45) is 0 Å². The second-order valence-corrected chi connectivity index (χ2v) is 5.06. The van der Waals surface area contributed by atoms with Crippen molar-refractivity contribution in [2.45, 2.75) is 45.5 Å². The highest BCUT2D eigenvalue weighted by Crippen LogP contribution is 2.20. The van der Waals surface area contributed by atoms with Crippen LogP contribution in [0.15, 0.2) is 0 Å². The van der Waals surface area contributed by atoms with Gasteiger partial charge < -0.3 is 4.74 Å². The van der Waals surface area contributed by atoms with Gasteiger partial charge in [-0.1, -0.05) is 0 Å². The average Bonchev–Trinajstić information content (AvgIpc) is 2.13. The van der Waals surface area contributed by atoms with Crippen molar-refractivity contribution >= 4 is 17.7 Å². The molecule has 0 N–H and O–H groups in total. The smallest absolute Gasteiger partial charge is 0.302 e. The number of ether oxygens (including phenoxy) is 1. The van der Waals surface area contributed by atoms with Gasteiger partial charge in [0, 0.05) is 13.3 Å². The molecule has 0 spiro atoms. The maximum atomic E-state index is 12.4. The van der Waals surface area contributed by atoms with E-state index in [9.17, 15) is 13.6 Å². The molecule has 0 heterocycles. The number of rotatable bonds is 9. The number of esters is 1. The Bertz CT molecular complexity index is 193. The molecule has 0 aliphatic heterocycles. The summed E-state index contributed by atoms with van der Waals surface area (Å²) in [5, 5.41) is 0. The monoisotopic (exact) mass is 254 g/mol. The third kappa shape index (κ3) is 13.7. The molecule has 0 aromatic rings. The molecule has 0 aromatic heterocycles. The first-order valence-electron chi connectivity index (χ1n) is 5.51. The van der Waals surface area contributed by atoms with Crippen molar-refractivity contribution in [3.63, 3.8) is 0 Å². The maximum Gasteiger partial charge on any atom is 0.302 e. The molecule has 0 unspecified atom stereocenters. The topological polar surface area (TPSA) is 26.3 Å². The Kier molecular flexibility index (Phi) is 8.61. The lowest BCUT2D eigenvalue weighted by Gasteiger charge is -2.08. The molecule has 5 heteroatoms. The van der Waals surface area contributed by atoms with E-state index in [4.69, 9.17) is 4.74 Å². The Labute approximate surface area is 100 Å². The van der Waals surface area contributed by atoms with E-state index in [1.807, 2.05) is 0 Å². The number of thioether (sulfide) groups is 1. The zero-order valence-corrected chi connectivity index (χ0v) is 10.7. The van der Waals surface area contributed by atoms with Gasteiger partial charge in [-0.25, -0.2) is 8.78 Å². The van der Waals surface area contributed by atoms with Crippen LogP contribution in [0.1, 0.15) is 39.5 Å². The third-order valence-electron chi connectivity index (χ3n) is 1.89. The van der Waals surface area contributed by atoms with Gasteiger partial charge in [-0.15, -0.1) is 0 Å². The molecule has 0 radical (unpaired) electrons. The van der Waals surface area contributed by atoms with E-state index in [2.05, 4.69) is 0 Å². The second kappa shape index (κ2) is 8.79. The highest BCUT2D eigenvalue weighted by atomic mass is 32.2. The first kappa shape index (κ1) is 15.7. The molecular formula is C11H20F2O2S. The zero-order valence-electron chi connectivity index (χ0n) is 9.93. The summed E-state index contributed by atoms with van der Waals surface area (Å²) >= 11 is 1.72. The average molecular weight is 254 g/mol. The van der Waals surface area contributed by atoms with Crippen molar-refractivity contribution < 1.29 is 18.3 Å². The first-order valence-corrected chi connectivity index (χ1v) is 6.66. The number of unbranched alkanes of at least 4 members (excludes halogenated alkanes) is 1. The molecule has 0 bridgehead atoms. The molecule has 0 rings (SSSR count). The van der Waals surface area contributed by atoms with E-state index in [1.165, 1.54) is 6.92 Å². The fourth-order valence-corrected chi connectivity index (χ4v) is 2.05. The van der Waals surface area contributed by atoms with Gasteiger partial charge in [0.15, 0.2) is 0 Å². The lowest BCUT2D eigenvalue weighted by Crippen LogP contribution is -2.08. The van der Waals surface area contributed by atoms with Gasteiger partial charge in [0.05, 0.1) is 6.61 Å². The van der Waals surface area contributed by atoms with Crippen LogP contribution >= 0.6 is 11.8 Å². The minimum Gasteiger partial charge on any atom is -0.466 e. The minimum absolute atomic E-state index is 0.0268. The highest BCUT2D eigenvalue weighted by Gasteiger charge is 2.19. The summed E-state index contributed by atoms with van der Waals surface area (Å²) in [6.07, 6.45) is 2.19. The van der Waals surface area contributed by atoms with E-state index < -0.39 is 5.92 Å². The second-order valence-electron chi connectivity index (χ2n) is 3.83. The molecule has 0 aromatic carbocycles. The highest BCUT2D eigenvalue weighted by molar-refractivity contribution is 7.99. The van der Waals surface area contributed by atoms with Crippen LogP contribution in [0.25, 0.3) is 0 Å². The van der Waals surface area contributed by atoms with E-state index in [0.29, 0.717) is 13.0 Å². The van der Waals surface area contributed by atoms with Crippen LogP contribution in [-0.4, -0.2) is 30.0 Å². The van der Waals surface area contributed by atoms with Crippen molar-refractivity contribution in [1.82, 2.24) is 0 Å². The number of carbonyl (C=O) groups excluding carboxylic acids is 1. The predicted octanol–water partition coefficient (Wildman–Crippen LogP) is 3.50. The van der Waals surface area contributed by atoms with Crippen LogP contribution in [0, 0.1) is 0 Å². The van der Waals surface area contributed by atoms with Gasteiger partial charge >= 0.3 is 5.97 Å². The fraction of sp³-hybridized carbons (Fsp3) is 0.909. The summed E-state index contributed by atoms with van der Waals surface area (Å²) in [5.74, 6) is -0.971. The third-order valence-corrected chi connectivity index (χ3v) is 3.05. The van der Waals surface area contributed by atoms with E-state index in [-0.39, 0.29) is 12.4 Å². The van der Waals surface area contributed by atoms with Crippen molar-refractivity contribution in [3.8, 4) is 0 Å². The quantitative estimate of drug-likeness (QED) is 0.465. The molecule has 0 aliphatic carbocycles. The molecule has 0 amide bonds. The van der Waals surface area contributed by atoms with Gasteiger partial charge in [-0.2, -0.15) is 11.8 Å². The Morgan fingerprint density at radius 2 is 1.88 bits per heavy atom. The molecule has 0 atom stereocenters. The van der Waals surface area contributed by atoms with Gasteiger partial charge in [0.2, 0.25) is 5.92 Å². The number of alkyl halides is 2. The van der Waals surface area contributed by atoms with Crippen LogP contribution in [0.3, 0.4) is 0 Å². The molecule has 16 heavy (non-hydrogen) atoms. The fourth-order valence-electron chi connectivity index (χ4n) is 1.12. The van der Waals surface area contributed by atoms with E-state index >= 15 is 0 Å². The summed E-state index contributed by atoms with van der Waals surface area (Å²) < 4.78 is 29.6. The standard InChI is InChI=1S/C11H20F2O2S/c1-10(14)15-7-5-9-16-8-4-3-6-11(2,12)13/h3-9H2,1-2H3. The van der Waals surface area contributed by atoms with Crippen LogP contribution in [0.5, 0.6) is 0 Å². The number of hydrogen-bond donors (Lipinski definition) is 0. The Balaban J connectivity index is 3.07. The number of carbonyl (C=O) groups is 1. The van der Waals surface area contributed by atoms with Crippen LogP contribution < -0.4 is 0 Å². The normalized spacial score (nSPS) is 11.5. The summed E-state index contributed by atoms with van der Waals surface area (Å²) in [5.41, 5.74) is 0. The Morgan fingerprint density at radius 3 is 2.44 bits per heavy atom. The number of hydrogen-bond acceptors (Lipinski definition) is 3. The maximum absolute atomic E-state index is 12.4. The lowest BCUT2D eigenvalue weighted by atomic mass is 10.2. The van der Waals surface area contributed by atoms with E-state index in [0.717, 1.165) is 31.3 Å². The Morgan fingerprint density at radius 1 is 1.25 bits per heavy atom. The largest absolute Gasteiger partial charge is 0.466 e. The first-order chi connectivity index (χ1) is 7.42. The molecule has 0 saturated carbocycles. The van der Waals surface area contributed by atoms with Crippen molar-refractivity contribution in [2.75, 3.05) is 18.1 Å². The summed E-state index contributed by atoms with van der Waals surface area (Å²) in [6.45, 7) is 2.80. The summed E-state index contributed by atoms with van der Waals surface area (Å²) in [7, 11) is 0. The lowest BCUT2D eigenvalue weighted by molar-refractivity contribution is -0.140. The van der Waals surface area contributed by atoms with Gasteiger partial charge in [0.25, 0.3) is 0 Å². The van der Waals surface area contributed by atoms with Crippen molar-refractivity contribution in [1.29, 1.82) is 0 Å². The molecule has 0 fully saturated rings. The van der Waals surface area contributed by atoms with Gasteiger partial charge in [-0.3, -0.25) is 4.79 Å². The zero-order chi connectivity index (χ0) is 12.4. The van der Waals surface area contributed by atoms with E-state index in [1.54, 1.807) is 11.8 Å². The van der Waals surface area contributed by atoms with Gasteiger partial charge in [0.1, 0.15) is 0 Å². The molecular weight excluding hydrogens is 234 g/mol. The van der Waals surface area contributed by atoms with Crippen LogP contribution in [0.4, 0.5) is 8.78 Å². The molecule has 2 nitrogen and oxygen atoms in total. The Hall–Kier alpha value is -0.320. The molecule has 0 aliphatic rings. The minimum atomic E-state index is -2.53. The van der Waals surface area contributed by atoms with Crippen LogP contribution in [-0.2, 0) is 9.53 Å². The van der Waals surface area contributed by atoms with Crippen molar-refractivity contribution in [3.05, 3.63) is 0 Å². The molecule has 96 valence electrons. The SMILES string of the molecule is CC(=O)OCCCSCCCCC(C)(F)F.